The SMILES string of the molecule is Cc1nn(-c2ccccc2)c2nc(C3CC3)cc(C(=O)N3CCN4CCCC4C3)c12. The summed E-state index contributed by atoms with van der Waals surface area (Å²) in [5.74, 6) is 0.624. The van der Waals surface area contributed by atoms with Crippen LogP contribution in [0.2, 0.25) is 0 Å². The number of aryl methyl sites for hydroxylation is 1. The van der Waals surface area contributed by atoms with Crippen molar-refractivity contribution in [2.75, 3.05) is 26.2 Å². The largest absolute Gasteiger partial charge is 0.336 e. The highest BCUT2D eigenvalue weighted by Crippen LogP contribution is 2.41. The summed E-state index contributed by atoms with van der Waals surface area (Å²) in [4.78, 5) is 23.3. The lowest BCUT2D eigenvalue weighted by molar-refractivity contribution is 0.0573. The highest BCUT2D eigenvalue weighted by Gasteiger charge is 2.35. The molecule has 2 aliphatic heterocycles. The van der Waals surface area contributed by atoms with Gasteiger partial charge in [-0.05, 0) is 57.4 Å². The molecule has 3 fully saturated rings. The third-order valence-electron chi connectivity index (χ3n) is 6.93. The summed E-state index contributed by atoms with van der Waals surface area (Å²) >= 11 is 0. The number of benzene rings is 1. The molecular formula is C24H27N5O. The maximum atomic E-state index is 13.7. The number of hydrogen-bond donors (Lipinski definition) is 0. The van der Waals surface area contributed by atoms with E-state index < -0.39 is 0 Å². The Morgan fingerprint density at radius 2 is 1.90 bits per heavy atom. The number of nitrogens with zero attached hydrogens (tertiary/aromatic N) is 5. The molecule has 2 aromatic heterocycles. The molecular weight excluding hydrogens is 374 g/mol. The Morgan fingerprint density at radius 3 is 2.70 bits per heavy atom. The lowest BCUT2D eigenvalue weighted by atomic mass is 10.0. The molecule has 6 heteroatoms. The highest BCUT2D eigenvalue weighted by molar-refractivity contribution is 6.07. The fourth-order valence-corrected chi connectivity index (χ4v) is 5.16. The van der Waals surface area contributed by atoms with Crippen LogP contribution in [0.15, 0.2) is 36.4 Å². The van der Waals surface area contributed by atoms with E-state index in [1.165, 1.54) is 19.4 Å². The Kier molecular flexibility index (Phi) is 4.16. The molecule has 0 radical (unpaired) electrons. The molecule has 154 valence electrons. The minimum absolute atomic E-state index is 0.145. The fourth-order valence-electron chi connectivity index (χ4n) is 5.16. The van der Waals surface area contributed by atoms with E-state index in [1.807, 2.05) is 41.9 Å². The van der Waals surface area contributed by atoms with Gasteiger partial charge in [-0.3, -0.25) is 9.69 Å². The van der Waals surface area contributed by atoms with E-state index in [0.29, 0.717) is 12.0 Å². The smallest absolute Gasteiger partial charge is 0.254 e. The first-order valence-corrected chi connectivity index (χ1v) is 11.2. The lowest BCUT2D eigenvalue weighted by Crippen LogP contribution is -2.52. The number of pyridine rings is 1. The number of hydrogen-bond acceptors (Lipinski definition) is 4. The Balaban J connectivity index is 1.46. The molecule has 1 saturated carbocycles. The van der Waals surface area contributed by atoms with Crippen LogP contribution < -0.4 is 0 Å². The van der Waals surface area contributed by atoms with E-state index >= 15 is 0 Å². The van der Waals surface area contributed by atoms with Gasteiger partial charge in [-0.25, -0.2) is 9.67 Å². The standard InChI is InChI=1S/C24H27N5O/c1-16-22-20(24(30)28-13-12-27-11-5-8-19(27)15-28)14-21(17-9-10-17)25-23(22)29(26-16)18-6-3-2-4-7-18/h2-4,6-7,14,17,19H,5,8-13,15H2,1H3. The molecule has 0 bridgehead atoms. The van der Waals surface area contributed by atoms with Crippen LogP contribution in [0.1, 0.15) is 53.3 Å². The van der Waals surface area contributed by atoms with E-state index in [9.17, 15) is 4.79 Å². The third kappa shape index (κ3) is 2.93. The van der Waals surface area contributed by atoms with Crippen molar-refractivity contribution in [3.05, 3.63) is 53.3 Å². The molecule has 1 amide bonds. The van der Waals surface area contributed by atoms with Gasteiger partial charge < -0.3 is 4.90 Å². The maximum Gasteiger partial charge on any atom is 0.254 e. The van der Waals surface area contributed by atoms with Gasteiger partial charge in [-0.2, -0.15) is 5.10 Å². The van der Waals surface area contributed by atoms with E-state index in [4.69, 9.17) is 10.1 Å². The van der Waals surface area contributed by atoms with Crippen LogP contribution in [0.25, 0.3) is 16.7 Å². The third-order valence-corrected chi connectivity index (χ3v) is 6.93. The second-order valence-corrected chi connectivity index (χ2v) is 8.98. The quantitative estimate of drug-likeness (QED) is 0.674. The van der Waals surface area contributed by atoms with E-state index in [0.717, 1.165) is 66.1 Å². The summed E-state index contributed by atoms with van der Waals surface area (Å²) in [6, 6.07) is 12.7. The predicted molar refractivity (Wildman–Crippen MR) is 116 cm³/mol. The first-order chi connectivity index (χ1) is 14.7. The second kappa shape index (κ2) is 6.91. The first-order valence-electron chi connectivity index (χ1n) is 11.2. The number of piperazine rings is 1. The van der Waals surface area contributed by atoms with Gasteiger partial charge in [0.2, 0.25) is 0 Å². The van der Waals surface area contributed by atoms with Gasteiger partial charge >= 0.3 is 0 Å². The molecule has 1 aromatic carbocycles. The zero-order valence-corrected chi connectivity index (χ0v) is 17.4. The van der Waals surface area contributed by atoms with Crippen molar-refractivity contribution in [2.24, 2.45) is 0 Å². The van der Waals surface area contributed by atoms with Gasteiger partial charge in [0.15, 0.2) is 5.65 Å². The Morgan fingerprint density at radius 1 is 1.07 bits per heavy atom. The molecule has 1 unspecified atom stereocenters. The number of rotatable bonds is 3. The molecule has 0 spiro atoms. The molecule has 1 atom stereocenters. The zero-order chi connectivity index (χ0) is 20.2. The fraction of sp³-hybridized carbons (Fsp3) is 0.458. The number of fused-ring (bicyclic) bond motifs is 2. The molecule has 1 aliphatic carbocycles. The first kappa shape index (κ1) is 18.1. The number of aromatic nitrogens is 3. The van der Waals surface area contributed by atoms with Crippen LogP contribution in [-0.2, 0) is 0 Å². The van der Waals surface area contributed by atoms with Crippen molar-refractivity contribution in [1.29, 1.82) is 0 Å². The van der Waals surface area contributed by atoms with Gasteiger partial charge in [0.05, 0.1) is 22.3 Å². The Bertz CT molecular complexity index is 1120. The van der Waals surface area contributed by atoms with Gasteiger partial charge in [0, 0.05) is 37.3 Å². The van der Waals surface area contributed by atoms with Crippen LogP contribution >= 0.6 is 0 Å². The lowest BCUT2D eigenvalue weighted by Gasteiger charge is -2.37. The molecule has 2 saturated heterocycles. The van der Waals surface area contributed by atoms with E-state index in [2.05, 4.69) is 15.9 Å². The molecule has 4 heterocycles. The summed E-state index contributed by atoms with van der Waals surface area (Å²) in [6.45, 7) is 5.81. The van der Waals surface area contributed by atoms with Crippen molar-refractivity contribution in [2.45, 2.75) is 44.6 Å². The molecule has 30 heavy (non-hydrogen) atoms. The Labute approximate surface area is 176 Å². The van der Waals surface area contributed by atoms with Crippen molar-refractivity contribution in [3.8, 4) is 5.69 Å². The van der Waals surface area contributed by atoms with Crippen LogP contribution in [0.5, 0.6) is 0 Å². The molecule has 6 nitrogen and oxygen atoms in total. The highest BCUT2D eigenvalue weighted by atomic mass is 16.2. The van der Waals surface area contributed by atoms with Crippen LogP contribution in [0, 0.1) is 6.92 Å². The summed E-state index contributed by atoms with van der Waals surface area (Å²) in [6.07, 6.45) is 4.77. The van der Waals surface area contributed by atoms with Gasteiger partial charge in [-0.15, -0.1) is 0 Å². The average molecular weight is 402 g/mol. The van der Waals surface area contributed by atoms with Crippen LogP contribution in [0.3, 0.4) is 0 Å². The number of carbonyl (C=O) groups excluding carboxylic acids is 1. The molecule has 3 aromatic rings. The second-order valence-electron chi connectivity index (χ2n) is 8.98. The number of carbonyl (C=O) groups is 1. The van der Waals surface area contributed by atoms with Crippen molar-refractivity contribution >= 4 is 16.9 Å². The molecule has 6 rings (SSSR count). The van der Waals surface area contributed by atoms with E-state index in [1.54, 1.807) is 0 Å². The summed E-state index contributed by atoms with van der Waals surface area (Å²) in [5.41, 5.74) is 4.49. The normalized spacial score (nSPS) is 21.9. The summed E-state index contributed by atoms with van der Waals surface area (Å²) in [7, 11) is 0. The van der Waals surface area contributed by atoms with E-state index in [-0.39, 0.29) is 5.91 Å². The minimum atomic E-state index is 0.145. The average Bonchev–Trinajstić information content (AvgIpc) is 3.44. The molecule has 3 aliphatic rings. The van der Waals surface area contributed by atoms with Crippen molar-refractivity contribution in [1.82, 2.24) is 24.6 Å². The van der Waals surface area contributed by atoms with Gasteiger partial charge in [-0.1, -0.05) is 18.2 Å². The van der Waals surface area contributed by atoms with Crippen LogP contribution in [-0.4, -0.2) is 62.7 Å². The topological polar surface area (TPSA) is 54.3 Å². The van der Waals surface area contributed by atoms with Crippen molar-refractivity contribution in [3.63, 3.8) is 0 Å². The monoisotopic (exact) mass is 401 g/mol. The Hall–Kier alpha value is -2.73. The van der Waals surface area contributed by atoms with Gasteiger partial charge in [0.1, 0.15) is 0 Å². The minimum Gasteiger partial charge on any atom is -0.336 e. The molecule has 0 N–H and O–H groups in total. The zero-order valence-electron chi connectivity index (χ0n) is 17.4. The van der Waals surface area contributed by atoms with Gasteiger partial charge in [0.25, 0.3) is 5.91 Å². The predicted octanol–water partition coefficient (Wildman–Crippen LogP) is 3.53. The maximum absolute atomic E-state index is 13.7. The van der Waals surface area contributed by atoms with Crippen molar-refractivity contribution < 1.29 is 4.79 Å². The number of amides is 1. The number of para-hydroxylation sites is 1. The van der Waals surface area contributed by atoms with Crippen LogP contribution in [0.4, 0.5) is 0 Å². The summed E-state index contributed by atoms with van der Waals surface area (Å²) < 4.78 is 1.90. The summed E-state index contributed by atoms with van der Waals surface area (Å²) in [5, 5.41) is 5.70.